The zero-order valence-corrected chi connectivity index (χ0v) is 16.8. The van der Waals surface area contributed by atoms with E-state index in [2.05, 4.69) is 20.6 Å². The Morgan fingerprint density at radius 2 is 1.74 bits per heavy atom. The van der Waals surface area contributed by atoms with Gasteiger partial charge in [-0.05, 0) is 48.2 Å². The third-order valence-corrected chi connectivity index (χ3v) is 5.21. The molecular weight excluding hydrogens is 399 g/mol. The first kappa shape index (κ1) is 20.9. The molecule has 1 saturated carbocycles. The van der Waals surface area contributed by atoms with E-state index in [9.17, 15) is 9.18 Å². The van der Waals surface area contributed by atoms with Crippen molar-refractivity contribution in [2.75, 3.05) is 0 Å². The number of amides is 1. The Morgan fingerprint density at radius 1 is 1.03 bits per heavy atom. The normalized spacial score (nSPS) is 14.1. The molecule has 0 saturated heterocycles. The second kappa shape index (κ2) is 9.20. The van der Waals surface area contributed by atoms with Gasteiger partial charge in [0.25, 0.3) is 0 Å². The number of nitrogens with one attached hydrogen (secondary N) is 2. The molecule has 1 amide bonds. The van der Waals surface area contributed by atoms with E-state index in [1.807, 2.05) is 0 Å². The molecule has 1 fully saturated rings. The van der Waals surface area contributed by atoms with Gasteiger partial charge in [0.2, 0.25) is 5.91 Å². The van der Waals surface area contributed by atoms with Gasteiger partial charge in [0, 0.05) is 31.0 Å². The van der Waals surface area contributed by atoms with E-state index in [1.54, 1.807) is 42.7 Å². The van der Waals surface area contributed by atoms with Crippen LogP contribution in [0.4, 0.5) is 4.39 Å². The van der Waals surface area contributed by atoms with Crippen molar-refractivity contribution in [3.05, 3.63) is 83.7 Å². The number of nitrogens with zero attached hydrogens (tertiary/aromatic N) is 2. The predicted octanol–water partition coefficient (Wildman–Crippen LogP) is 2.84. The van der Waals surface area contributed by atoms with Crippen molar-refractivity contribution in [1.29, 1.82) is 0 Å². The van der Waals surface area contributed by atoms with Crippen LogP contribution >= 0.6 is 0 Å². The van der Waals surface area contributed by atoms with Crippen LogP contribution in [0.3, 0.4) is 0 Å². The topological polar surface area (TPSA) is 96.4 Å². The minimum atomic E-state index is -0.585. The lowest BCUT2D eigenvalue weighted by atomic mass is 10.1. The number of halogens is 1. The number of carbonyl (C=O) groups is 1. The minimum absolute atomic E-state index is 0.0630. The van der Waals surface area contributed by atoms with Gasteiger partial charge < -0.3 is 15.2 Å². The maximum absolute atomic E-state index is 14.5. The molecule has 0 aliphatic heterocycles. The van der Waals surface area contributed by atoms with E-state index in [0.29, 0.717) is 17.9 Å². The van der Waals surface area contributed by atoms with Gasteiger partial charge in [-0.15, -0.1) is 0 Å². The summed E-state index contributed by atoms with van der Waals surface area (Å²) in [5, 5.41) is 15.2. The molecule has 2 aromatic carbocycles. The fourth-order valence-electron chi connectivity index (χ4n) is 3.18. The number of carbonyl (C=O) groups excluding carboxylic acids is 1. The number of ether oxygens (including phenoxy) is 1. The molecule has 1 heterocycles. The summed E-state index contributed by atoms with van der Waals surface area (Å²) < 4.78 is 20.0. The highest BCUT2D eigenvalue weighted by atomic mass is 19.1. The molecule has 0 radical (unpaired) electrons. The summed E-state index contributed by atoms with van der Waals surface area (Å²) in [7, 11) is 0. The van der Waals surface area contributed by atoms with Crippen molar-refractivity contribution in [3.8, 4) is 11.5 Å². The van der Waals surface area contributed by atoms with Crippen molar-refractivity contribution >= 4 is 5.91 Å². The van der Waals surface area contributed by atoms with Crippen LogP contribution in [0.5, 0.6) is 11.5 Å². The van der Waals surface area contributed by atoms with Crippen LogP contribution in [-0.4, -0.2) is 26.5 Å². The summed E-state index contributed by atoms with van der Waals surface area (Å²) in [6.07, 6.45) is 6.39. The predicted molar refractivity (Wildman–Crippen MR) is 112 cm³/mol. The van der Waals surface area contributed by atoms with Crippen LogP contribution in [0.25, 0.3) is 0 Å². The van der Waals surface area contributed by atoms with Crippen LogP contribution in [-0.2, 0) is 24.5 Å². The summed E-state index contributed by atoms with van der Waals surface area (Å²) in [6.45, 7) is 0.667. The molecular formula is C23H23FN4O3. The van der Waals surface area contributed by atoms with Crippen molar-refractivity contribution in [2.45, 2.75) is 38.1 Å². The monoisotopic (exact) mass is 422 g/mol. The first-order chi connectivity index (χ1) is 15.1. The molecule has 0 bridgehead atoms. The van der Waals surface area contributed by atoms with Crippen molar-refractivity contribution in [2.24, 2.45) is 0 Å². The Morgan fingerprint density at radius 3 is 2.39 bits per heavy atom. The number of aromatic nitrogens is 2. The quantitative estimate of drug-likeness (QED) is 0.491. The molecule has 0 atom stereocenters. The zero-order chi connectivity index (χ0) is 21.7. The molecule has 0 unspecified atom stereocenters. The minimum Gasteiger partial charge on any atom is -0.454 e. The number of rotatable bonds is 9. The summed E-state index contributed by atoms with van der Waals surface area (Å²) in [6, 6.07) is 11.4. The maximum Gasteiger partial charge on any atom is 0.240 e. The standard InChI is InChI=1S/C23H23FN4O3/c24-20-9-17(3-6-21(20)31-19-4-1-16(14-29)2-5-19)12-27-22(30)23(7-8-23)28-13-18-10-25-15-26-11-18/h1-6,9-11,15,28-29H,7-8,12-14H2,(H,27,30). The van der Waals surface area contributed by atoms with Crippen molar-refractivity contribution in [1.82, 2.24) is 20.6 Å². The molecule has 0 spiro atoms. The fourth-order valence-corrected chi connectivity index (χ4v) is 3.18. The molecule has 31 heavy (non-hydrogen) atoms. The first-order valence-electron chi connectivity index (χ1n) is 10.0. The van der Waals surface area contributed by atoms with Gasteiger partial charge in [-0.25, -0.2) is 14.4 Å². The molecule has 8 heteroatoms. The number of benzene rings is 2. The molecule has 160 valence electrons. The summed E-state index contributed by atoms with van der Waals surface area (Å²) >= 11 is 0. The fraction of sp³-hybridized carbons (Fsp3) is 0.261. The summed E-state index contributed by atoms with van der Waals surface area (Å²) in [4.78, 5) is 20.6. The van der Waals surface area contributed by atoms with E-state index in [-0.39, 0.29) is 24.8 Å². The highest BCUT2D eigenvalue weighted by Crippen LogP contribution is 2.36. The van der Waals surface area contributed by atoms with Gasteiger partial charge in [-0.3, -0.25) is 10.1 Å². The Balaban J connectivity index is 1.31. The van der Waals surface area contributed by atoms with E-state index >= 15 is 0 Å². The summed E-state index contributed by atoms with van der Waals surface area (Å²) in [5.41, 5.74) is 1.71. The van der Waals surface area contributed by atoms with Crippen LogP contribution in [0.2, 0.25) is 0 Å². The molecule has 7 nitrogen and oxygen atoms in total. The Labute approximate surface area is 179 Å². The van der Waals surface area contributed by atoms with E-state index < -0.39 is 11.4 Å². The van der Waals surface area contributed by atoms with E-state index in [4.69, 9.17) is 9.84 Å². The second-order valence-corrected chi connectivity index (χ2v) is 7.53. The van der Waals surface area contributed by atoms with Gasteiger partial charge in [-0.2, -0.15) is 0 Å². The third-order valence-electron chi connectivity index (χ3n) is 5.21. The van der Waals surface area contributed by atoms with Crippen LogP contribution in [0.1, 0.15) is 29.5 Å². The largest absolute Gasteiger partial charge is 0.454 e. The number of aliphatic hydroxyl groups is 1. The first-order valence-corrected chi connectivity index (χ1v) is 10.0. The van der Waals surface area contributed by atoms with Crippen molar-refractivity contribution in [3.63, 3.8) is 0 Å². The van der Waals surface area contributed by atoms with Gasteiger partial charge in [0.05, 0.1) is 12.1 Å². The van der Waals surface area contributed by atoms with Crippen LogP contribution in [0.15, 0.2) is 61.2 Å². The van der Waals surface area contributed by atoms with Crippen LogP contribution < -0.4 is 15.4 Å². The lowest BCUT2D eigenvalue weighted by molar-refractivity contribution is -0.124. The van der Waals surface area contributed by atoms with E-state index in [1.165, 1.54) is 18.5 Å². The van der Waals surface area contributed by atoms with Crippen LogP contribution in [0, 0.1) is 5.82 Å². The third kappa shape index (κ3) is 5.22. The second-order valence-electron chi connectivity index (χ2n) is 7.53. The van der Waals surface area contributed by atoms with Gasteiger partial charge in [0.1, 0.15) is 12.1 Å². The molecule has 4 rings (SSSR count). The average Bonchev–Trinajstić information content (AvgIpc) is 3.60. The Kier molecular flexibility index (Phi) is 6.20. The number of hydrogen-bond acceptors (Lipinski definition) is 6. The zero-order valence-electron chi connectivity index (χ0n) is 16.8. The molecule has 1 aliphatic rings. The van der Waals surface area contributed by atoms with Gasteiger partial charge >= 0.3 is 0 Å². The van der Waals surface area contributed by atoms with Gasteiger partial charge in [-0.1, -0.05) is 18.2 Å². The average molecular weight is 422 g/mol. The molecule has 1 aromatic heterocycles. The maximum atomic E-state index is 14.5. The lowest BCUT2D eigenvalue weighted by Gasteiger charge is -2.17. The SMILES string of the molecule is O=C(NCc1ccc(Oc2ccc(CO)cc2)c(F)c1)C1(NCc2cncnc2)CC1. The highest BCUT2D eigenvalue weighted by molar-refractivity contribution is 5.89. The Bertz CT molecular complexity index is 1040. The van der Waals surface area contributed by atoms with Gasteiger partial charge in [0.15, 0.2) is 11.6 Å². The summed E-state index contributed by atoms with van der Waals surface area (Å²) in [5.74, 6) is -0.0460. The van der Waals surface area contributed by atoms with E-state index in [0.717, 1.165) is 24.0 Å². The Hall–Kier alpha value is -3.36. The lowest BCUT2D eigenvalue weighted by Crippen LogP contribution is -2.45. The molecule has 3 N–H and O–H groups in total. The molecule has 1 aliphatic carbocycles. The van der Waals surface area contributed by atoms with Crippen molar-refractivity contribution < 1.29 is 19.0 Å². The number of aliphatic hydroxyl groups excluding tert-OH is 1. The molecule has 3 aromatic rings. The smallest absolute Gasteiger partial charge is 0.240 e. The highest BCUT2D eigenvalue weighted by Gasteiger charge is 2.49. The number of hydrogen-bond donors (Lipinski definition) is 3.